The van der Waals surface area contributed by atoms with Gasteiger partial charge in [0.15, 0.2) is 0 Å². The zero-order valence-electron chi connectivity index (χ0n) is 10.4. The Balaban J connectivity index is 2.33. The number of hydrogen-bond acceptors (Lipinski definition) is 1. The first-order valence-electron chi connectivity index (χ1n) is 6.04. The van der Waals surface area contributed by atoms with Crippen molar-refractivity contribution in [3.8, 4) is 11.3 Å². The average molecular weight is 361 g/mol. The van der Waals surface area contributed by atoms with Gasteiger partial charge in [0.2, 0.25) is 5.43 Å². The number of fused-ring (bicyclic) bond motifs is 1. The Hall–Kier alpha value is -1.62. The molecule has 0 spiro atoms. The molecule has 0 fully saturated rings. The summed E-state index contributed by atoms with van der Waals surface area (Å²) < 4.78 is 0.736. The van der Waals surface area contributed by atoms with Gasteiger partial charge in [-0.3, -0.25) is 4.79 Å². The summed E-state index contributed by atoms with van der Waals surface area (Å²) in [5, 5.41) is 0.739. The smallest absolute Gasteiger partial charge is 0.203 e. The molecule has 0 bridgehead atoms. The van der Waals surface area contributed by atoms with Crippen molar-refractivity contribution in [2.75, 3.05) is 0 Å². The number of pyridine rings is 1. The van der Waals surface area contributed by atoms with Crippen LogP contribution in [0.2, 0.25) is 0 Å². The van der Waals surface area contributed by atoms with E-state index in [1.54, 1.807) is 0 Å². The van der Waals surface area contributed by atoms with Gasteiger partial charge in [-0.25, -0.2) is 0 Å². The van der Waals surface area contributed by atoms with E-state index in [-0.39, 0.29) is 5.43 Å². The van der Waals surface area contributed by atoms with Gasteiger partial charge in [-0.1, -0.05) is 42.0 Å². The number of hydrogen-bond donors (Lipinski definition) is 1. The molecule has 0 saturated heterocycles. The second kappa shape index (κ2) is 4.81. The van der Waals surface area contributed by atoms with Crippen LogP contribution in [0.3, 0.4) is 0 Å². The fourth-order valence-electron chi connectivity index (χ4n) is 2.13. The highest BCUT2D eigenvalue weighted by atomic mass is 127. The Morgan fingerprint density at radius 2 is 1.68 bits per heavy atom. The maximum absolute atomic E-state index is 12.4. The molecule has 0 aliphatic carbocycles. The third-order valence-electron chi connectivity index (χ3n) is 3.19. The van der Waals surface area contributed by atoms with Gasteiger partial charge in [0.1, 0.15) is 0 Å². The zero-order chi connectivity index (χ0) is 13.4. The van der Waals surface area contributed by atoms with Crippen LogP contribution in [0.4, 0.5) is 0 Å². The molecule has 2 aromatic carbocycles. The Morgan fingerprint density at radius 1 is 1.00 bits per heavy atom. The molecule has 3 rings (SSSR count). The van der Waals surface area contributed by atoms with E-state index in [9.17, 15) is 4.79 Å². The summed E-state index contributed by atoms with van der Waals surface area (Å²) in [6, 6.07) is 15.8. The van der Waals surface area contributed by atoms with E-state index in [0.29, 0.717) is 0 Å². The Bertz CT molecular complexity index is 803. The predicted molar refractivity (Wildman–Crippen MR) is 87.5 cm³/mol. The first-order chi connectivity index (χ1) is 9.16. The van der Waals surface area contributed by atoms with E-state index >= 15 is 0 Å². The summed E-state index contributed by atoms with van der Waals surface area (Å²) in [7, 11) is 0. The summed E-state index contributed by atoms with van der Waals surface area (Å²) >= 11 is 2.12. The molecule has 1 aromatic heterocycles. The second-order valence-electron chi connectivity index (χ2n) is 4.55. The lowest BCUT2D eigenvalue weighted by molar-refractivity contribution is 1.34. The minimum absolute atomic E-state index is 0.0884. The average Bonchev–Trinajstić information content (AvgIpc) is 2.44. The number of H-pyrrole nitrogens is 1. The predicted octanol–water partition coefficient (Wildman–Crippen LogP) is 4.11. The highest BCUT2D eigenvalue weighted by molar-refractivity contribution is 14.1. The fraction of sp³-hybridized carbons (Fsp3) is 0.0625. The quantitative estimate of drug-likeness (QED) is 0.651. The van der Waals surface area contributed by atoms with Gasteiger partial charge in [0, 0.05) is 10.9 Å². The van der Waals surface area contributed by atoms with Gasteiger partial charge in [0.25, 0.3) is 0 Å². The fourth-order valence-corrected chi connectivity index (χ4v) is 2.87. The number of para-hydroxylation sites is 1. The number of aryl methyl sites for hydroxylation is 1. The lowest BCUT2D eigenvalue weighted by Crippen LogP contribution is -2.09. The molecule has 0 saturated carbocycles. The molecule has 0 aliphatic rings. The number of rotatable bonds is 1. The maximum atomic E-state index is 12.4. The van der Waals surface area contributed by atoms with Crippen molar-refractivity contribution >= 4 is 33.5 Å². The molecule has 0 atom stereocenters. The van der Waals surface area contributed by atoms with E-state index in [0.717, 1.165) is 25.7 Å². The van der Waals surface area contributed by atoms with Crippen molar-refractivity contribution < 1.29 is 0 Å². The van der Waals surface area contributed by atoms with Crippen molar-refractivity contribution in [2.24, 2.45) is 0 Å². The molecule has 0 aliphatic heterocycles. The van der Waals surface area contributed by atoms with Crippen molar-refractivity contribution in [3.05, 3.63) is 67.9 Å². The van der Waals surface area contributed by atoms with Gasteiger partial charge >= 0.3 is 0 Å². The third kappa shape index (κ3) is 2.18. The maximum Gasteiger partial charge on any atom is 0.203 e. The summed E-state index contributed by atoms with van der Waals surface area (Å²) in [5.74, 6) is 0. The topological polar surface area (TPSA) is 32.9 Å². The Morgan fingerprint density at radius 3 is 2.42 bits per heavy atom. The van der Waals surface area contributed by atoms with Crippen LogP contribution < -0.4 is 5.43 Å². The van der Waals surface area contributed by atoms with Crippen LogP contribution in [0.5, 0.6) is 0 Å². The molecule has 0 unspecified atom stereocenters. The van der Waals surface area contributed by atoms with Crippen LogP contribution >= 0.6 is 22.6 Å². The summed E-state index contributed by atoms with van der Waals surface area (Å²) in [5.41, 5.74) is 4.11. The molecular formula is C16H12INO. The molecule has 19 heavy (non-hydrogen) atoms. The summed E-state index contributed by atoms with van der Waals surface area (Å²) in [4.78, 5) is 15.7. The van der Waals surface area contributed by atoms with Gasteiger partial charge in [-0.05, 0) is 47.2 Å². The van der Waals surface area contributed by atoms with Crippen LogP contribution in [0.1, 0.15) is 5.56 Å². The molecule has 0 radical (unpaired) electrons. The van der Waals surface area contributed by atoms with E-state index < -0.39 is 0 Å². The van der Waals surface area contributed by atoms with E-state index in [1.807, 2.05) is 36.4 Å². The van der Waals surface area contributed by atoms with Crippen molar-refractivity contribution in [1.82, 2.24) is 4.98 Å². The normalized spacial score (nSPS) is 10.8. The number of benzene rings is 2. The summed E-state index contributed by atoms with van der Waals surface area (Å²) in [6.07, 6.45) is 0. The van der Waals surface area contributed by atoms with Crippen molar-refractivity contribution in [3.63, 3.8) is 0 Å². The zero-order valence-corrected chi connectivity index (χ0v) is 12.6. The molecule has 0 amide bonds. The van der Waals surface area contributed by atoms with Gasteiger partial charge < -0.3 is 4.98 Å². The van der Waals surface area contributed by atoms with E-state index in [1.165, 1.54) is 5.56 Å². The minimum atomic E-state index is 0.0884. The molecule has 1 heterocycles. The first-order valence-corrected chi connectivity index (χ1v) is 7.12. The SMILES string of the molecule is Cc1ccc(-c2[nH]c3ccccc3c(=O)c2I)cc1. The molecule has 2 nitrogen and oxygen atoms in total. The molecular weight excluding hydrogens is 349 g/mol. The number of halogens is 1. The van der Waals surface area contributed by atoms with Crippen LogP contribution in [-0.2, 0) is 0 Å². The molecule has 1 N–H and O–H groups in total. The van der Waals surface area contributed by atoms with Gasteiger partial charge in [-0.15, -0.1) is 0 Å². The highest BCUT2D eigenvalue weighted by Gasteiger charge is 2.10. The second-order valence-corrected chi connectivity index (χ2v) is 5.63. The molecule has 3 heteroatoms. The third-order valence-corrected chi connectivity index (χ3v) is 4.22. The summed E-state index contributed by atoms with van der Waals surface area (Å²) in [6.45, 7) is 2.05. The standard InChI is InChI=1S/C16H12INO/c1-10-6-8-11(9-7-10)15-14(17)16(19)12-4-2-3-5-13(12)18-15/h2-9H,1H3,(H,18,19). The van der Waals surface area contributed by atoms with E-state index in [4.69, 9.17) is 0 Å². The van der Waals surface area contributed by atoms with Crippen LogP contribution in [0.15, 0.2) is 53.3 Å². The minimum Gasteiger partial charge on any atom is -0.353 e. The number of nitrogens with one attached hydrogen (secondary N) is 1. The molecule has 3 aromatic rings. The molecule has 94 valence electrons. The lowest BCUT2D eigenvalue weighted by atomic mass is 10.1. The number of aromatic nitrogens is 1. The van der Waals surface area contributed by atoms with Crippen LogP contribution in [0.25, 0.3) is 22.2 Å². The Kier molecular flexibility index (Phi) is 3.14. The monoisotopic (exact) mass is 361 g/mol. The van der Waals surface area contributed by atoms with Crippen molar-refractivity contribution in [1.29, 1.82) is 0 Å². The van der Waals surface area contributed by atoms with Crippen LogP contribution in [0, 0.1) is 10.5 Å². The van der Waals surface area contributed by atoms with E-state index in [2.05, 4.69) is 46.6 Å². The first kappa shape index (κ1) is 12.4. The number of aromatic amines is 1. The Labute approximate surface area is 124 Å². The van der Waals surface area contributed by atoms with Gasteiger partial charge in [-0.2, -0.15) is 0 Å². The van der Waals surface area contributed by atoms with Crippen LogP contribution in [-0.4, -0.2) is 4.98 Å². The van der Waals surface area contributed by atoms with Gasteiger partial charge in [0.05, 0.1) is 9.26 Å². The lowest BCUT2D eigenvalue weighted by Gasteiger charge is -2.08. The largest absolute Gasteiger partial charge is 0.353 e. The highest BCUT2D eigenvalue weighted by Crippen LogP contribution is 2.23. The van der Waals surface area contributed by atoms with Crippen molar-refractivity contribution in [2.45, 2.75) is 6.92 Å².